The summed E-state index contributed by atoms with van der Waals surface area (Å²) in [6, 6.07) is 13.5. The first kappa shape index (κ1) is 25.2. The molecule has 0 amide bonds. The average Bonchev–Trinajstić information content (AvgIpc) is 2.98. The number of carbonyl (C=O) groups is 1. The van der Waals surface area contributed by atoms with Crippen molar-refractivity contribution in [3.63, 3.8) is 0 Å². The van der Waals surface area contributed by atoms with Gasteiger partial charge in [-0.05, 0) is 67.7 Å². The molecule has 184 valence electrons. The number of hydrogen-bond acceptors (Lipinski definition) is 5. The highest BCUT2D eigenvalue weighted by molar-refractivity contribution is 6.62. The molecule has 0 spiro atoms. The minimum atomic E-state index is -0.656. The van der Waals surface area contributed by atoms with E-state index >= 15 is 0 Å². The van der Waals surface area contributed by atoms with Crippen LogP contribution in [-0.2, 0) is 30.9 Å². The van der Waals surface area contributed by atoms with Crippen LogP contribution < -0.4 is 11.0 Å². The lowest BCUT2D eigenvalue weighted by atomic mass is 9.75. The molecule has 3 aromatic rings. The summed E-state index contributed by atoms with van der Waals surface area (Å²) in [7, 11) is -0.656. The normalized spacial score (nSPS) is 17.1. The first-order chi connectivity index (χ1) is 16.2. The lowest BCUT2D eigenvalue weighted by Gasteiger charge is -2.32. The van der Waals surface area contributed by atoms with Crippen molar-refractivity contribution in [2.75, 3.05) is 0 Å². The van der Waals surface area contributed by atoms with Gasteiger partial charge in [-0.1, -0.05) is 45.0 Å². The standard InChI is InChI=1S/C28H34BNO5/c1-18(31)33-17-22-23(29-34-27(5,6)28(7,8)35-29)10-9-11-24(22)30-15-14-19-16-20(26(2,3)4)12-13-21(19)25(30)32/h9-16H,17H2,1-8H3. The second kappa shape index (κ2) is 8.64. The molecule has 4 rings (SSSR count). The van der Waals surface area contributed by atoms with Gasteiger partial charge in [0.2, 0.25) is 0 Å². The number of pyridine rings is 1. The summed E-state index contributed by atoms with van der Waals surface area (Å²) in [6.07, 6.45) is 1.78. The second-order valence-corrected chi connectivity index (χ2v) is 11.3. The van der Waals surface area contributed by atoms with E-state index in [9.17, 15) is 9.59 Å². The third-order valence-corrected chi connectivity index (χ3v) is 7.14. The third-order valence-electron chi connectivity index (χ3n) is 7.14. The molecule has 0 aliphatic carbocycles. The minimum absolute atomic E-state index is 0.00163. The molecule has 0 atom stereocenters. The molecule has 1 saturated heterocycles. The van der Waals surface area contributed by atoms with Crippen LogP contribution in [0.2, 0.25) is 0 Å². The number of aromatic nitrogens is 1. The van der Waals surface area contributed by atoms with Crippen molar-refractivity contribution in [3.05, 3.63) is 70.1 Å². The highest BCUT2D eigenvalue weighted by Gasteiger charge is 2.52. The van der Waals surface area contributed by atoms with Crippen LogP contribution in [0.25, 0.3) is 16.5 Å². The highest BCUT2D eigenvalue weighted by Crippen LogP contribution is 2.37. The first-order valence-electron chi connectivity index (χ1n) is 12.0. The van der Waals surface area contributed by atoms with E-state index in [-0.39, 0.29) is 17.6 Å². The minimum Gasteiger partial charge on any atom is -0.461 e. The number of esters is 1. The second-order valence-electron chi connectivity index (χ2n) is 11.3. The van der Waals surface area contributed by atoms with Gasteiger partial charge in [0.05, 0.1) is 16.9 Å². The third kappa shape index (κ3) is 4.67. The Morgan fingerprint density at radius 3 is 2.29 bits per heavy atom. The van der Waals surface area contributed by atoms with E-state index in [1.807, 2.05) is 64.1 Å². The van der Waals surface area contributed by atoms with E-state index in [1.54, 1.807) is 10.8 Å². The van der Waals surface area contributed by atoms with Crippen molar-refractivity contribution in [3.8, 4) is 5.69 Å². The van der Waals surface area contributed by atoms with Gasteiger partial charge in [0.15, 0.2) is 0 Å². The largest absolute Gasteiger partial charge is 0.495 e. The zero-order valence-corrected chi connectivity index (χ0v) is 21.9. The van der Waals surface area contributed by atoms with Gasteiger partial charge >= 0.3 is 13.1 Å². The number of ether oxygens (including phenoxy) is 1. The molecule has 0 bridgehead atoms. The van der Waals surface area contributed by atoms with Gasteiger partial charge in [0.1, 0.15) is 6.61 Å². The van der Waals surface area contributed by atoms with Gasteiger partial charge in [-0.15, -0.1) is 0 Å². The van der Waals surface area contributed by atoms with E-state index in [1.165, 1.54) is 12.5 Å². The molecule has 0 N–H and O–H groups in total. The molecule has 6 nitrogen and oxygen atoms in total. The highest BCUT2D eigenvalue weighted by atomic mass is 16.7. The van der Waals surface area contributed by atoms with Crippen molar-refractivity contribution in [2.45, 2.75) is 78.6 Å². The molecule has 0 saturated carbocycles. The number of fused-ring (bicyclic) bond motifs is 1. The Balaban J connectivity index is 1.87. The first-order valence-corrected chi connectivity index (χ1v) is 12.0. The van der Waals surface area contributed by atoms with Crippen LogP contribution in [0.1, 0.15) is 66.5 Å². The fourth-order valence-corrected chi connectivity index (χ4v) is 4.24. The Morgan fingerprint density at radius 1 is 1.03 bits per heavy atom. The zero-order chi connectivity index (χ0) is 25.8. The SMILES string of the molecule is CC(=O)OCc1c(B2OC(C)(C)C(C)(C)O2)cccc1-n1ccc2cc(C(C)(C)C)ccc2c1=O. The van der Waals surface area contributed by atoms with Crippen LogP contribution in [0.4, 0.5) is 0 Å². The van der Waals surface area contributed by atoms with Crippen molar-refractivity contribution in [2.24, 2.45) is 0 Å². The van der Waals surface area contributed by atoms with Crippen LogP contribution in [0.15, 0.2) is 53.5 Å². The average molecular weight is 475 g/mol. The zero-order valence-electron chi connectivity index (χ0n) is 21.9. The monoisotopic (exact) mass is 475 g/mol. The molecule has 0 radical (unpaired) electrons. The van der Waals surface area contributed by atoms with E-state index < -0.39 is 24.3 Å². The van der Waals surface area contributed by atoms with Gasteiger partial charge < -0.3 is 14.0 Å². The lowest BCUT2D eigenvalue weighted by molar-refractivity contribution is -0.142. The van der Waals surface area contributed by atoms with Crippen LogP contribution >= 0.6 is 0 Å². The summed E-state index contributed by atoms with van der Waals surface area (Å²) in [6.45, 7) is 15.8. The molecule has 1 fully saturated rings. The van der Waals surface area contributed by atoms with Crippen molar-refractivity contribution >= 4 is 29.3 Å². The van der Waals surface area contributed by atoms with E-state index in [0.29, 0.717) is 16.6 Å². The van der Waals surface area contributed by atoms with Gasteiger partial charge in [-0.3, -0.25) is 14.2 Å². The predicted molar refractivity (Wildman–Crippen MR) is 139 cm³/mol. The Labute approximate surface area is 207 Å². The van der Waals surface area contributed by atoms with Gasteiger partial charge in [-0.25, -0.2) is 0 Å². The van der Waals surface area contributed by atoms with Crippen molar-refractivity contribution in [1.82, 2.24) is 4.57 Å². The lowest BCUT2D eigenvalue weighted by Crippen LogP contribution is -2.41. The van der Waals surface area contributed by atoms with Crippen LogP contribution in [0.5, 0.6) is 0 Å². The number of rotatable bonds is 4. The fraction of sp³-hybridized carbons (Fsp3) is 0.429. The maximum atomic E-state index is 13.6. The fourth-order valence-electron chi connectivity index (χ4n) is 4.24. The Kier molecular flexibility index (Phi) is 6.23. The maximum Gasteiger partial charge on any atom is 0.495 e. The van der Waals surface area contributed by atoms with Crippen LogP contribution in [-0.4, -0.2) is 28.9 Å². The summed E-state index contributed by atoms with van der Waals surface area (Å²) >= 11 is 0. The van der Waals surface area contributed by atoms with Gasteiger partial charge in [0.25, 0.3) is 5.56 Å². The molecular formula is C28H34BNO5. The van der Waals surface area contributed by atoms with Crippen molar-refractivity contribution in [1.29, 1.82) is 0 Å². The Morgan fingerprint density at radius 2 is 1.69 bits per heavy atom. The number of hydrogen-bond donors (Lipinski definition) is 0. The summed E-state index contributed by atoms with van der Waals surface area (Å²) in [5, 5.41) is 1.52. The van der Waals surface area contributed by atoms with E-state index in [0.717, 1.165) is 10.8 Å². The number of carbonyl (C=O) groups excluding carboxylic acids is 1. The van der Waals surface area contributed by atoms with Crippen molar-refractivity contribution < 1.29 is 18.8 Å². The maximum absolute atomic E-state index is 13.6. The molecular weight excluding hydrogens is 441 g/mol. The summed E-state index contributed by atoms with van der Waals surface area (Å²) in [5.41, 5.74) is 1.99. The Bertz CT molecular complexity index is 1330. The van der Waals surface area contributed by atoms with E-state index in [2.05, 4.69) is 26.8 Å². The number of nitrogens with zero attached hydrogens (tertiary/aromatic N) is 1. The molecule has 2 heterocycles. The molecule has 7 heteroatoms. The smallest absolute Gasteiger partial charge is 0.461 e. The Hall–Kier alpha value is -2.90. The van der Waals surface area contributed by atoms with Crippen LogP contribution in [0.3, 0.4) is 0 Å². The van der Waals surface area contributed by atoms with Crippen LogP contribution in [0, 0.1) is 0 Å². The topological polar surface area (TPSA) is 66.8 Å². The molecule has 1 aliphatic heterocycles. The molecule has 1 aromatic heterocycles. The molecule has 2 aromatic carbocycles. The quantitative estimate of drug-likeness (QED) is 0.406. The molecule has 1 aliphatic rings. The summed E-state index contributed by atoms with van der Waals surface area (Å²) in [5.74, 6) is -0.403. The van der Waals surface area contributed by atoms with Gasteiger partial charge in [-0.2, -0.15) is 0 Å². The summed E-state index contributed by atoms with van der Waals surface area (Å²) < 4.78 is 19.6. The van der Waals surface area contributed by atoms with E-state index in [4.69, 9.17) is 14.0 Å². The molecule has 0 unspecified atom stereocenters. The predicted octanol–water partition coefficient (Wildman–Crippen LogP) is 4.65. The molecule has 35 heavy (non-hydrogen) atoms. The van der Waals surface area contributed by atoms with Gasteiger partial charge in [0, 0.05) is 24.1 Å². The number of benzene rings is 2. The summed E-state index contributed by atoms with van der Waals surface area (Å²) in [4.78, 5) is 25.3.